The van der Waals surface area contributed by atoms with Crippen molar-refractivity contribution in [2.24, 2.45) is 5.41 Å². The lowest BCUT2D eigenvalue weighted by Gasteiger charge is -2.21. The minimum Gasteiger partial charge on any atom is -0.447 e. The average molecular weight is 174 g/mol. The molecule has 1 rings (SSSR count). The van der Waals surface area contributed by atoms with E-state index in [-0.39, 0.29) is 10.8 Å². The lowest BCUT2D eigenvalue weighted by molar-refractivity contribution is 0.340. The first-order valence-electron chi connectivity index (χ1n) is 3.55. The fourth-order valence-corrected chi connectivity index (χ4v) is 0.838. The van der Waals surface area contributed by atoms with Crippen molar-refractivity contribution in [3.05, 3.63) is 18.4 Å². The highest BCUT2D eigenvalue weighted by atomic mass is 35.5. The van der Waals surface area contributed by atoms with Crippen LogP contribution in [0.4, 0.5) is 0 Å². The zero-order valence-corrected chi connectivity index (χ0v) is 7.72. The number of halogens is 1. The minimum atomic E-state index is -0.155. The molecule has 0 saturated carbocycles. The van der Waals surface area contributed by atoms with E-state index in [4.69, 9.17) is 16.0 Å². The first kappa shape index (κ1) is 8.60. The molecule has 1 aromatic rings. The maximum Gasteiger partial charge on any atom is 0.212 e. The molecule has 0 aromatic carbocycles. The monoisotopic (exact) mass is 173 g/mol. The Morgan fingerprint density at radius 3 is 2.55 bits per heavy atom. The first-order valence-corrected chi connectivity index (χ1v) is 3.99. The summed E-state index contributed by atoms with van der Waals surface area (Å²) in [5, 5.41) is -0.155. The van der Waals surface area contributed by atoms with Crippen LogP contribution in [-0.4, -0.2) is 4.98 Å². The van der Waals surface area contributed by atoms with Gasteiger partial charge in [0, 0.05) is 0 Å². The molecule has 0 fully saturated rings. The van der Waals surface area contributed by atoms with E-state index in [0.717, 1.165) is 0 Å². The number of rotatable bonds is 1. The molecule has 0 aliphatic heterocycles. The predicted octanol–water partition coefficient (Wildman–Crippen LogP) is 3.00. The van der Waals surface area contributed by atoms with Gasteiger partial charge in [0.15, 0.2) is 0 Å². The summed E-state index contributed by atoms with van der Waals surface area (Å²) in [6.07, 6.45) is 3.15. The van der Waals surface area contributed by atoms with Gasteiger partial charge in [0.05, 0.1) is 6.20 Å². The molecule has 2 nitrogen and oxygen atoms in total. The zero-order valence-electron chi connectivity index (χ0n) is 6.97. The van der Waals surface area contributed by atoms with Crippen LogP contribution in [0, 0.1) is 5.41 Å². The van der Waals surface area contributed by atoms with Crippen molar-refractivity contribution in [2.45, 2.75) is 26.1 Å². The van der Waals surface area contributed by atoms with Gasteiger partial charge in [-0.15, -0.1) is 11.6 Å². The quantitative estimate of drug-likeness (QED) is 0.611. The molecule has 62 valence electrons. The van der Waals surface area contributed by atoms with Crippen molar-refractivity contribution in [2.75, 3.05) is 0 Å². The largest absolute Gasteiger partial charge is 0.447 e. The lowest BCUT2D eigenvalue weighted by Crippen LogP contribution is -2.13. The predicted molar refractivity (Wildman–Crippen MR) is 44.6 cm³/mol. The Balaban J connectivity index is 2.78. The van der Waals surface area contributed by atoms with Gasteiger partial charge in [-0.2, -0.15) is 0 Å². The Bertz CT molecular complexity index is 212. The number of hydrogen-bond acceptors (Lipinski definition) is 2. The van der Waals surface area contributed by atoms with E-state index in [1.54, 1.807) is 6.20 Å². The average Bonchev–Trinajstić information content (AvgIpc) is 2.34. The fraction of sp³-hybridized carbons (Fsp3) is 0.625. The molecule has 11 heavy (non-hydrogen) atoms. The van der Waals surface area contributed by atoms with Gasteiger partial charge in [-0.25, -0.2) is 4.98 Å². The molecule has 0 aliphatic rings. The summed E-state index contributed by atoms with van der Waals surface area (Å²) in [5.41, 5.74) is -0.00753. The molecular weight excluding hydrogens is 162 g/mol. The van der Waals surface area contributed by atoms with Crippen molar-refractivity contribution in [1.29, 1.82) is 0 Å². The summed E-state index contributed by atoms with van der Waals surface area (Å²) >= 11 is 6.07. The normalized spacial score (nSPS) is 14.9. The Hall–Kier alpha value is -0.500. The fourth-order valence-electron chi connectivity index (χ4n) is 0.730. The van der Waals surface area contributed by atoms with Crippen molar-refractivity contribution in [3.8, 4) is 0 Å². The van der Waals surface area contributed by atoms with Gasteiger partial charge in [-0.1, -0.05) is 20.8 Å². The van der Waals surface area contributed by atoms with Gasteiger partial charge in [0.25, 0.3) is 0 Å². The molecule has 0 N–H and O–H groups in total. The van der Waals surface area contributed by atoms with E-state index in [2.05, 4.69) is 25.8 Å². The van der Waals surface area contributed by atoms with Crippen LogP contribution in [0.5, 0.6) is 0 Å². The van der Waals surface area contributed by atoms with Crippen LogP contribution in [-0.2, 0) is 0 Å². The third-order valence-electron chi connectivity index (χ3n) is 1.43. The van der Waals surface area contributed by atoms with Crippen LogP contribution in [0.3, 0.4) is 0 Å². The molecular formula is C8H12ClNO. The van der Waals surface area contributed by atoms with Gasteiger partial charge >= 0.3 is 0 Å². The zero-order chi connectivity index (χ0) is 8.48. The van der Waals surface area contributed by atoms with Gasteiger partial charge < -0.3 is 4.42 Å². The van der Waals surface area contributed by atoms with Crippen molar-refractivity contribution in [1.82, 2.24) is 4.98 Å². The van der Waals surface area contributed by atoms with Crippen LogP contribution in [0.2, 0.25) is 0 Å². The summed E-state index contributed by atoms with van der Waals surface area (Å²) in [7, 11) is 0. The van der Waals surface area contributed by atoms with E-state index >= 15 is 0 Å². The second-order valence-electron chi connectivity index (χ2n) is 3.60. The second-order valence-corrected chi connectivity index (χ2v) is 4.04. The van der Waals surface area contributed by atoms with E-state index < -0.39 is 0 Å². The van der Waals surface area contributed by atoms with Gasteiger partial charge in [-0.3, -0.25) is 0 Å². The number of oxazole rings is 1. The molecule has 0 saturated heterocycles. The second kappa shape index (κ2) is 2.86. The smallest absolute Gasteiger partial charge is 0.212 e. The molecule has 1 unspecified atom stereocenters. The Labute approximate surface area is 71.6 Å². The van der Waals surface area contributed by atoms with Gasteiger partial charge in [0.1, 0.15) is 11.6 Å². The summed E-state index contributed by atoms with van der Waals surface area (Å²) in [6.45, 7) is 6.15. The number of nitrogens with zero attached hydrogens (tertiary/aromatic N) is 1. The van der Waals surface area contributed by atoms with Gasteiger partial charge in [0.2, 0.25) is 5.89 Å². The first-order chi connectivity index (χ1) is 5.02. The third-order valence-corrected chi connectivity index (χ3v) is 2.27. The molecule has 0 amide bonds. The molecule has 1 aromatic heterocycles. The van der Waals surface area contributed by atoms with Gasteiger partial charge in [-0.05, 0) is 5.41 Å². The summed E-state index contributed by atoms with van der Waals surface area (Å²) < 4.78 is 5.08. The maximum atomic E-state index is 6.07. The van der Waals surface area contributed by atoms with Crippen molar-refractivity contribution < 1.29 is 4.42 Å². The highest BCUT2D eigenvalue weighted by molar-refractivity contribution is 6.20. The minimum absolute atomic E-state index is 0.00753. The van der Waals surface area contributed by atoms with Crippen LogP contribution >= 0.6 is 11.6 Å². The number of alkyl halides is 1. The standard InChI is InChI=1S/C8H12ClNO/c1-8(2,3)6(9)7-10-4-5-11-7/h4-6H,1-3H3. The summed E-state index contributed by atoms with van der Waals surface area (Å²) in [5.74, 6) is 0.596. The third kappa shape index (κ3) is 1.96. The number of aromatic nitrogens is 1. The molecule has 0 bridgehead atoms. The van der Waals surface area contributed by atoms with Crippen LogP contribution in [0.25, 0.3) is 0 Å². The van der Waals surface area contributed by atoms with E-state index in [1.807, 2.05) is 0 Å². The lowest BCUT2D eigenvalue weighted by atomic mass is 9.92. The topological polar surface area (TPSA) is 26.0 Å². The molecule has 0 radical (unpaired) electrons. The van der Waals surface area contributed by atoms with Crippen molar-refractivity contribution in [3.63, 3.8) is 0 Å². The highest BCUT2D eigenvalue weighted by Crippen LogP contribution is 2.37. The highest BCUT2D eigenvalue weighted by Gasteiger charge is 2.27. The maximum absolute atomic E-state index is 6.07. The molecule has 0 aliphatic carbocycles. The molecule has 1 atom stereocenters. The SMILES string of the molecule is CC(C)(C)C(Cl)c1ncco1. The van der Waals surface area contributed by atoms with Crippen molar-refractivity contribution >= 4 is 11.6 Å². The molecule has 3 heteroatoms. The van der Waals surface area contributed by atoms with E-state index in [9.17, 15) is 0 Å². The summed E-state index contributed by atoms with van der Waals surface area (Å²) in [4.78, 5) is 3.98. The van der Waals surface area contributed by atoms with E-state index in [1.165, 1.54) is 6.26 Å². The van der Waals surface area contributed by atoms with Crippen LogP contribution < -0.4 is 0 Å². The van der Waals surface area contributed by atoms with Crippen LogP contribution in [0.1, 0.15) is 32.0 Å². The molecule has 1 heterocycles. The van der Waals surface area contributed by atoms with Crippen LogP contribution in [0.15, 0.2) is 16.9 Å². The van der Waals surface area contributed by atoms with E-state index in [0.29, 0.717) is 5.89 Å². The Kier molecular flexibility index (Phi) is 2.23. The Morgan fingerprint density at radius 2 is 2.18 bits per heavy atom. The Morgan fingerprint density at radius 1 is 1.55 bits per heavy atom. The number of hydrogen-bond donors (Lipinski definition) is 0. The molecule has 0 spiro atoms. The summed E-state index contributed by atoms with van der Waals surface area (Å²) in [6, 6.07) is 0.